The van der Waals surface area contributed by atoms with Crippen LogP contribution in [0.2, 0.25) is 0 Å². The van der Waals surface area contributed by atoms with E-state index in [4.69, 9.17) is 9.26 Å². The lowest BCUT2D eigenvalue weighted by molar-refractivity contribution is 0.391. The summed E-state index contributed by atoms with van der Waals surface area (Å²) in [5, 5.41) is 14.0. The van der Waals surface area contributed by atoms with Crippen LogP contribution in [0.15, 0.2) is 87.3 Å². The Balaban J connectivity index is 1.41. The van der Waals surface area contributed by atoms with Crippen LogP contribution in [0.3, 0.4) is 0 Å². The van der Waals surface area contributed by atoms with Crippen molar-refractivity contribution >= 4 is 28.4 Å². The Morgan fingerprint density at radius 3 is 2.67 bits per heavy atom. The van der Waals surface area contributed by atoms with E-state index in [0.717, 1.165) is 16.6 Å². The Morgan fingerprint density at radius 2 is 1.83 bits per heavy atom. The van der Waals surface area contributed by atoms with Gasteiger partial charge in [0, 0.05) is 11.6 Å². The number of aromatic nitrogens is 6. The molecular formula is C26H20N6O3S. The molecule has 0 radical (unpaired) electrons. The van der Waals surface area contributed by atoms with Crippen molar-refractivity contribution in [3.8, 4) is 22.8 Å². The SMILES string of the molecule is COc1cccc(-n2c(=O)c3ccccc3n3c(SCc4nc(-c5ccc(C)cc5)no4)nnc23)c1. The molecule has 9 nitrogen and oxygen atoms in total. The zero-order chi connectivity index (χ0) is 24.6. The van der Waals surface area contributed by atoms with E-state index < -0.39 is 0 Å². The highest BCUT2D eigenvalue weighted by Gasteiger charge is 2.19. The van der Waals surface area contributed by atoms with Gasteiger partial charge in [0.05, 0.1) is 29.5 Å². The van der Waals surface area contributed by atoms with Crippen molar-refractivity contribution in [3.05, 3.63) is 94.6 Å². The summed E-state index contributed by atoms with van der Waals surface area (Å²) in [4.78, 5) is 18.0. The van der Waals surface area contributed by atoms with Crippen LogP contribution in [0.1, 0.15) is 11.5 Å². The van der Waals surface area contributed by atoms with Gasteiger partial charge >= 0.3 is 0 Å². The van der Waals surface area contributed by atoms with Gasteiger partial charge < -0.3 is 9.26 Å². The average Bonchev–Trinajstić information content (AvgIpc) is 3.56. The van der Waals surface area contributed by atoms with E-state index in [2.05, 4.69) is 20.3 Å². The smallest absolute Gasteiger partial charge is 0.267 e. The van der Waals surface area contributed by atoms with Crippen molar-refractivity contribution < 1.29 is 9.26 Å². The molecule has 0 unspecified atom stereocenters. The molecule has 3 heterocycles. The molecule has 10 heteroatoms. The van der Waals surface area contributed by atoms with E-state index in [9.17, 15) is 4.79 Å². The van der Waals surface area contributed by atoms with Gasteiger partial charge in [0.1, 0.15) is 5.75 Å². The first kappa shape index (κ1) is 22.1. The maximum atomic E-state index is 13.5. The second kappa shape index (κ2) is 8.97. The number of ether oxygens (including phenoxy) is 1. The van der Waals surface area contributed by atoms with Crippen molar-refractivity contribution in [1.82, 2.24) is 29.3 Å². The fourth-order valence-corrected chi connectivity index (χ4v) is 4.79. The molecule has 3 aromatic carbocycles. The van der Waals surface area contributed by atoms with Crippen molar-refractivity contribution in [2.24, 2.45) is 0 Å². The minimum absolute atomic E-state index is 0.185. The number of nitrogens with zero attached hydrogens (tertiary/aromatic N) is 6. The fourth-order valence-electron chi connectivity index (χ4n) is 4.01. The van der Waals surface area contributed by atoms with E-state index in [1.54, 1.807) is 23.8 Å². The number of thioether (sulfide) groups is 1. The molecule has 0 atom stereocenters. The zero-order valence-corrected chi connectivity index (χ0v) is 20.3. The lowest BCUT2D eigenvalue weighted by Gasteiger charge is -2.12. The number of benzene rings is 3. The highest BCUT2D eigenvalue weighted by Crippen LogP contribution is 2.27. The minimum Gasteiger partial charge on any atom is -0.497 e. The zero-order valence-electron chi connectivity index (χ0n) is 19.5. The molecule has 6 rings (SSSR count). The van der Waals surface area contributed by atoms with E-state index in [0.29, 0.717) is 45.2 Å². The summed E-state index contributed by atoms with van der Waals surface area (Å²) in [6.07, 6.45) is 0. The molecule has 0 aliphatic heterocycles. The largest absolute Gasteiger partial charge is 0.497 e. The third-order valence-electron chi connectivity index (χ3n) is 5.81. The third-order valence-corrected chi connectivity index (χ3v) is 6.72. The van der Waals surface area contributed by atoms with E-state index in [1.807, 2.05) is 72.0 Å². The quantitative estimate of drug-likeness (QED) is 0.306. The second-order valence-corrected chi connectivity index (χ2v) is 9.09. The average molecular weight is 497 g/mol. The van der Waals surface area contributed by atoms with Crippen LogP contribution < -0.4 is 10.3 Å². The lowest BCUT2D eigenvalue weighted by Crippen LogP contribution is -2.21. The first-order valence-corrected chi connectivity index (χ1v) is 12.2. The van der Waals surface area contributed by atoms with Gasteiger partial charge in [-0.3, -0.25) is 9.20 Å². The number of fused-ring (bicyclic) bond motifs is 3. The summed E-state index contributed by atoms with van der Waals surface area (Å²) < 4.78 is 14.3. The molecule has 178 valence electrons. The van der Waals surface area contributed by atoms with Gasteiger partial charge in [-0.25, -0.2) is 4.57 Å². The fraction of sp³-hybridized carbons (Fsp3) is 0.115. The molecule has 0 amide bonds. The summed E-state index contributed by atoms with van der Waals surface area (Å²) in [6, 6.07) is 22.7. The van der Waals surface area contributed by atoms with Crippen LogP contribution in [-0.4, -0.2) is 36.4 Å². The molecule has 6 aromatic rings. The second-order valence-electron chi connectivity index (χ2n) is 8.14. The van der Waals surface area contributed by atoms with E-state index in [-0.39, 0.29) is 5.56 Å². The summed E-state index contributed by atoms with van der Waals surface area (Å²) in [5.41, 5.74) is 3.22. The van der Waals surface area contributed by atoms with Crippen LogP contribution >= 0.6 is 11.8 Å². The molecule has 0 N–H and O–H groups in total. The van der Waals surface area contributed by atoms with Crippen LogP contribution in [0, 0.1) is 6.92 Å². The Labute approximate surface area is 209 Å². The van der Waals surface area contributed by atoms with Gasteiger partial charge in [0.25, 0.3) is 5.56 Å². The number of hydrogen-bond acceptors (Lipinski definition) is 8. The molecule has 0 fully saturated rings. The first-order chi connectivity index (χ1) is 17.6. The molecule has 0 spiro atoms. The highest BCUT2D eigenvalue weighted by atomic mass is 32.2. The molecule has 0 bridgehead atoms. The Morgan fingerprint density at radius 1 is 1.00 bits per heavy atom. The lowest BCUT2D eigenvalue weighted by atomic mass is 10.1. The maximum absolute atomic E-state index is 13.5. The normalized spacial score (nSPS) is 11.4. The van der Waals surface area contributed by atoms with Gasteiger partial charge in [-0.1, -0.05) is 64.9 Å². The Hall–Kier alpha value is -4.44. The Bertz CT molecular complexity index is 1770. The predicted octanol–water partition coefficient (Wildman–Crippen LogP) is 4.69. The number of rotatable bonds is 6. The van der Waals surface area contributed by atoms with E-state index in [1.165, 1.54) is 11.8 Å². The minimum atomic E-state index is -0.185. The van der Waals surface area contributed by atoms with Crippen molar-refractivity contribution in [2.45, 2.75) is 17.8 Å². The van der Waals surface area contributed by atoms with Crippen molar-refractivity contribution in [3.63, 3.8) is 0 Å². The molecule has 0 aliphatic carbocycles. The van der Waals surface area contributed by atoms with Gasteiger partial charge in [-0.15, -0.1) is 10.2 Å². The van der Waals surface area contributed by atoms with Gasteiger partial charge in [-0.2, -0.15) is 4.98 Å². The molecule has 3 aromatic heterocycles. The summed E-state index contributed by atoms with van der Waals surface area (Å²) >= 11 is 1.41. The highest BCUT2D eigenvalue weighted by molar-refractivity contribution is 7.98. The van der Waals surface area contributed by atoms with Gasteiger partial charge in [0.15, 0.2) is 5.16 Å². The maximum Gasteiger partial charge on any atom is 0.267 e. The van der Waals surface area contributed by atoms with Crippen LogP contribution in [-0.2, 0) is 5.75 Å². The van der Waals surface area contributed by atoms with Crippen LogP contribution in [0.25, 0.3) is 33.8 Å². The standard InChI is InChI=1S/C26H20N6O3S/c1-16-10-12-17(13-11-16)23-27-22(35-30-23)15-36-26-29-28-25-31(18-6-5-7-19(14-18)34-2)24(33)20-8-3-4-9-21(20)32(25)26/h3-14H,15H2,1-2H3. The monoisotopic (exact) mass is 496 g/mol. The predicted molar refractivity (Wildman–Crippen MR) is 137 cm³/mol. The molecular weight excluding hydrogens is 476 g/mol. The Kier molecular flexibility index (Phi) is 5.49. The molecule has 0 saturated carbocycles. The van der Waals surface area contributed by atoms with Crippen LogP contribution in [0.4, 0.5) is 0 Å². The summed E-state index contributed by atoms with van der Waals surface area (Å²) in [5.74, 6) is 2.44. The number of hydrogen-bond donors (Lipinski definition) is 0. The molecule has 0 aliphatic rings. The van der Waals surface area contributed by atoms with Gasteiger partial charge in [0.2, 0.25) is 17.5 Å². The molecule has 0 saturated heterocycles. The third kappa shape index (κ3) is 3.81. The van der Waals surface area contributed by atoms with Gasteiger partial charge in [-0.05, 0) is 31.2 Å². The number of para-hydroxylation sites is 1. The van der Waals surface area contributed by atoms with Crippen molar-refractivity contribution in [1.29, 1.82) is 0 Å². The molecule has 36 heavy (non-hydrogen) atoms. The summed E-state index contributed by atoms with van der Waals surface area (Å²) in [7, 11) is 1.59. The van der Waals surface area contributed by atoms with Crippen LogP contribution in [0.5, 0.6) is 5.75 Å². The topological polar surface area (TPSA) is 100 Å². The van der Waals surface area contributed by atoms with Crippen molar-refractivity contribution in [2.75, 3.05) is 7.11 Å². The number of methoxy groups -OCH3 is 1. The van der Waals surface area contributed by atoms with E-state index >= 15 is 0 Å². The summed E-state index contributed by atoms with van der Waals surface area (Å²) in [6.45, 7) is 2.03. The first-order valence-electron chi connectivity index (χ1n) is 11.2. The number of aryl methyl sites for hydroxylation is 1.